The van der Waals surface area contributed by atoms with Gasteiger partial charge < -0.3 is 10.1 Å². The number of Topliss-reactive ketones (excluding diaryl/α,β-unsaturated/α-hetero) is 1. The Morgan fingerprint density at radius 1 is 1.03 bits per heavy atom. The Morgan fingerprint density at radius 2 is 1.80 bits per heavy atom. The molecule has 0 saturated carbocycles. The van der Waals surface area contributed by atoms with Gasteiger partial charge in [0.2, 0.25) is 0 Å². The molecule has 2 N–H and O–H groups in total. The van der Waals surface area contributed by atoms with Crippen LogP contribution in [-0.4, -0.2) is 21.8 Å². The number of aryl methyl sites for hydroxylation is 1. The smallest absolute Gasteiger partial charge is 0.300 e. The van der Waals surface area contributed by atoms with E-state index >= 15 is 0 Å². The summed E-state index contributed by atoms with van der Waals surface area (Å²) in [5, 5.41) is 13.9. The van der Waals surface area contributed by atoms with E-state index in [1.807, 2.05) is 73.0 Å². The SMILES string of the molecule is Cc1ccc(N2C(=O)C(=O)/C(=C(\O)c3c[nH]c4ccccc34)C2c2cccs2)cc1. The number of para-hydroxylation sites is 1. The zero-order valence-corrected chi connectivity index (χ0v) is 16.9. The number of benzene rings is 2. The Labute approximate surface area is 176 Å². The first-order valence-electron chi connectivity index (χ1n) is 9.54. The van der Waals surface area contributed by atoms with Crippen molar-refractivity contribution in [2.75, 3.05) is 4.90 Å². The topological polar surface area (TPSA) is 73.4 Å². The number of aliphatic hydroxyl groups is 1. The molecule has 5 nitrogen and oxygen atoms in total. The van der Waals surface area contributed by atoms with Crippen LogP contribution in [0.5, 0.6) is 0 Å². The third kappa shape index (κ3) is 2.76. The molecule has 1 atom stereocenters. The van der Waals surface area contributed by atoms with Crippen LogP contribution in [0.3, 0.4) is 0 Å². The minimum atomic E-state index is -0.684. The van der Waals surface area contributed by atoms with Crippen molar-refractivity contribution in [3.05, 3.63) is 93.8 Å². The zero-order valence-electron chi connectivity index (χ0n) is 16.1. The minimum absolute atomic E-state index is 0.104. The molecular formula is C24H18N2O3S. The van der Waals surface area contributed by atoms with Crippen molar-refractivity contribution in [2.24, 2.45) is 0 Å². The summed E-state index contributed by atoms with van der Waals surface area (Å²) >= 11 is 1.45. The minimum Gasteiger partial charge on any atom is -0.507 e. The van der Waals surface area contributed by atoms with E-state index in [9.17, 15) is 14.7 Å². The van der Waals surface area contributed by atoms with Crippen LogP contribution in [0, 0.1) is 6.92 Å². The van der Waals surface area contributed by atoms with Gasteiger partial charge in [-0.3, -0.25) is 14.5 Å². The molecule has 3 heterocycles. The van der Waals surface area contributed by atoms with E-state index in [1.54, 1.807) is 6.20 Å². The highest BCUT2D eigenvalue weighted by molar-refractivity contribution is 7.10. The molecule has 1 aliphatic heterocycles. The van der Waals surface area contributed by atoms with Crippen LogP contribution in [0.1, 0.15) is 22.0 Å². The molecule has 0 bridgehead atoms. The van der Waals surface area contributed by atoms with Gasteiger partial charge in [-0.2, -0.15) is 0 Å². The lowest BCUT2D eigenvalue weighted by Crippen LogP contribution is -2.29. The molecule has 1 saturated heterocycles. The normalized spacial score (nSPS) is 18.4. The summed E-state index contributed by atoms with van der Waals surface area (Å²) in [5.41, 5.74) is 3.14. The molecule has 1 fully saturated rings. The first-order valence-corrected chi connectivity index (χ1v) is 10.4. The van der Waals surface area contributed by atoms with Crippen molar-refractivity contribution in [2.45, 2.75) is 13.0 Å². The fraction of sp³-hybridized carbons (Fsp3) is 0.0833. The molecule has 1 unspecified atom stereocenters. The van der Waals surface area contributed by atoms with E-state index in [-0.39, 0.29) is 11.3 Å². The Kier molecular flexibility index (Phi) is 4.29. The van der Waals surface area contributed by atoms with Crippen molar-refractivity contribution < 1.29 is 14.7 Å². The Bertz CT molecular complexity index is 1300. The van der Waals surface area contributed by atoms with Gasteiger partial charge in [-0.1, -0.05) is 42.0 Å². The number of nitrogens with zero attached hydrogens (tertiary/aromatic N) is 1. The lowest BCUT2D eigenvalue weighted by Gasteiger charge is -2.24. The lowest BCUT2D eigenvalue weighted by molar-refractivity contribution is -0.132. The summed E-state index contributed by atoms with van der Waals surface area (Å²) in [7, 11) is 0. The average molecular weight is 414 g/mol. The van der Waals surface area contributed by atoms with Crippen molar-refractivity contribution in [3.63, 3.8) is 0 Å². The van der Waals surface area contributed by atoms with Gasteiger partial charge in [0.1, 0.15) is 11.8 Å². The quantitative estimate of drug-likeness (QED) is 0.276. The number of aromatic amines is 1. The van der Waals surface area contributed by atoms with Crippen LogP contribution >= 0.6 is 11.3 Å². The highest BCUT2D eigenvalue weighted by atomic mass is 32.1. The molecule has 0 aliphatic carbocycles. The second-order valence-electron chi connectivity index (χ2n) is 7.27. The van der Waals surface area contributed by atoms with Crippen LogP contribution in [-0.2, 0) is 9.59 Å². The molecule has 6 heteroatoms. The number of aromatic nitrogens is 1. The van der Waals surface area contributed by atoms with Gasteiger partial charge in [-0.05, 0) is 36.6 Å². The van der Waals surface area contributed by atoms with E-state index in [2.05, 4.69) is 4.98 Å². The number of aliphatic hydroxyl groups excluding tert-OH is 1. The lowest BCUT2D eigenvalue weighted by atomic mass is 9.99. The summed E-state index contributed by atoms with van der Waals surface area (Å²) in [6.07, 6.45) is 1.67. The number of thiophene rings is 1. The van der Waals surface area contributed by atoms with Gasteiger partial charge in [0, 0.05) is 33.2 Å². The van der Waals surface area contributed by atoms with Gasteiger partial charge in [0.25, 0.3) is 11.7 Å². The van der Waals surface area contributed by atoms with Gasteiger partial charge in [-0.15, -0.1) is 11.3 Å². The van der Waals surface area contributed by atoms with Gasteiger partial charge in [0.15, 0.2) is 0 Å². The predicted molar refractivity (Wildman–Crippen MR) is 119 cm³/mol. The molecule has 1 amide bonds. The fourth-order valence-corrected chi connectivity index (χ4v) is 4.76. The number of ketones is 1. The van der Waals surface area contributed by atoms with E-state index in [4.69, 9.17) is 0 Å². The summed E-state index contributed by atoms with van der Waals surface area (Å²) < 4.78 is 0. The standard InChI is InChI=1S/C24H18N2O3S/c1-14-8-10-15(11-9-14)26-21(19-7-4-12-30-19)20(23(28)24(26)29)22(27)17-13-25-18-6-3-2-5-16(17)18/h2-13,21,25,27H,1H3/b22-20-. The average Bonchev–Trinajstić information content (AvgIpc) is 3.48. The molecule has 30 heavy (non-hydrogen) atoms. The van der Waals surface area contributed by atoms with Crippen LogP contribution in [0.25, 0.3) is 16.7 Å². The van der Waals surface area contributed by atoms with Gasteiger partial charge >= 0.3 is 0 Å². The van der Waals surface area contributed by atoms with Crippen molar-refractivity contribution in [1.82, 2.24) is 4.98 Å². The molecule has 4 aromatic rings. The molecular weight excluding hydrogens is 396 g/mol. The maximum atomic E-state index is 13.1. The monoisotopic (exact) mass is 414 g/mol. The van der Waals surface area contributed by atoms with Crippen LogP contribution < -0.4 is 4.90 Å². The van der Waals surface area contributed by atoms with E-state index in [0.717, 1.165) is 21.3 Å². The van der Waals surface area contributed by atoms with E-state index in [0.29, 0.717) is 11.3 Å². The van der Waals surface area contributed by atoms with Crippen LogP contribution in [0.2, 0.25) is 0 Å². The number of hydrogen-bond donors (Lipinski definition) is 2. The molecule has 148 valence electrons. The molecule has 5 rings (SSSR count). The van der Waals surface area contributed by atoms with Crippen LogP contribution in [0.4, 0.5) is 5.69 Å². The third-order valence-electron chi connectivity index (χ3n) is 5.41. The predicted octanol–water partition coefficient (Wildman–Crippen LogP) is 5.16. The summed E-state index contributed by atoms with van der Waals surface area (Å²) in [6, 6.07) is 18.1. The summed E-state index contributed by atoms with van der Waals surface area (Å²) in [5.74, 6) is -1.49. The fourth-order valence-electron chi connectivity index (χ4n) is 3.93. The van der Waals surface area contributed by atoms with Gasteiger partial charge in [-0.25, -0.2) is 0 Å². The largest absolute Gasteiger partial charge is 0.507 e. The first-order chi connectivity index (χ1) is 14.6. The van der Waals surface area contributed by atoms with E-state index in [1.165, 1.54) is 16.2 Å². The number of carbonyl (C=O) groups is 2. The summed E-state index contributed by atoms with van der Waals surface area (Å²) in [6.45, 7) is 1.96. The first kappa shape index (κ1) is 18.4. The van der Waals surface area contributed by atoms with E-state index < -0.39 is 17.7 Å². The van der Waals surface area contributed by atoms with Crippen molar-refractivity contribution in [1.29, 1.82) is 0 Å². The number of carbonyl (C=O) groups excluding carboxylic acids is 2. The van der Waals surface area contributed by atoms with Crippen molar-refractivity contribution in [3.8, 4) is 0 Å². The molecule has 2 aromatic heterocycles. The second-order valence-corrected chi connectivity index (χ2v) is 8.25. The van der Waals surface area contributed by atoms with Gasteiger partial charge in [0.05, 0.1) is 5.57 Å². The second kappa shape index (κ2) is 7.00. The Morgan fingerprint density at radius 3 is 2.53 bits per heavy atom. The maximum Gasteiger partial charge on any atom is 0.300 e. The number of anilines is 1. The number of hydrogen-bond acceptors (Lipinski definition) is 4. The maximum absolute atomic E-state index is 13.1. The Hall–Kier alpha value is -3.64. The highest BCUT2D eigenvalue weighted by Crippen LogP contribution is 2.44. The molecule has 0 spiro atoms. The number of fused-ring (bicyclic) bond motifs is 1. The number of amides is 1. The third-order valence-corrected chi connectivity index (χ3v) is 6.34. The molecule has 0 radical (unpaired) electrons. The highest BCUT2D eigenvalue weighted by Gasteiger charge is 2.47. The summed E-state index contributed by atoms with van der Waals surface area (Å²) in [4.78, 5) is 31.6. The number of rotatable bonds is 3. The number of H-pyrrole nitrogens is 1. The van der Waals surface area contributed by atoms with Crippen LogP contribution in [0.15, 0.2) is 77.8 Å². The Balaban J connectivity index is 1.74. The number of nitrogens with one attached hydrogen (secondary N) is 1. The molecule has 2 aromatic carbocycles. The molecule has 1 aliphatic rings. The van der Waals surface area contributed by atoms with Crippen molar-refractivity contribution >= 4 is 45.4 Å². The zero-order chi connectivity index (χ0) is 20.8.